The fourth-order valence-electron chi connectivity index (χ4n) is 3.40. The maximum atomic E-state index is 13.0. The third-order valence-corrected chi connectivity index (χ3v) is 6.68. The zero-order valence-corrected chi connectivity index (χ0v) is 16.7. The van der Waals surface area contributed by atoms with E-state index in [1.807, 2.05) is 32.9 Å². The second-order valence-corrected chi connectivity index (χ2v) is 8.36. The van der Waals surface area contributed by atoms with Crippen LogP contribution >= 0.6 is 12.4 Å². The molecule has 0 aromatic heterocycles. The van der Waals surface area contributed by atoms with Crippen molar-refractivity contribution in [3.05, 3.63) is 28.8 Å². The van der Waals surface area contributed by atoms with Gasteiger partial charge in [0.25, 0.3) is 0 Å². The second-order valence-electron chi connectivity index (χ2n) is 6.49. The molecule has 3 N–H and O–H groups in total. The van der Waals surface area contributed by atoms with E-state index in [2.05, 4.69) is 5.32 Å². The number of nitrogens with one attached hydrogen (secondary N) is 1. The fourth-order valence-corrected chi connectivity index (χ4v) is 5.28. The molecule has 1 saturated heterocycles. The Morgan fingerprint density at radius 1 is 1.20 bits per heavy atom. The van der Waals surface area contributed by atoms with Crippen LogP contribution in [0.4, 0.5) is 0 Å². The molecular weight excluding hydrogens is 362 g/mol. The van der Waals surface area contributed by atoms with E-state index >= 15 is 0 Å². The molecule has 1 aromatic carbocycles. The molecule has 0 saturated carbocycles. The monoisotopic (exact) mass is 389 g/mol. The molecule has 0 aliphatic carbocycles. The lowest BCUT2D eigenvalue weighted by Gasteiger charge is -2.31. The van der Waals surface area contributed by atoms with E-state index in [1.165, 1.54) is 4.31 Å². The van der Waals surface area contributed by atoms with Gasteiger partial charge in [0.15, 0.2) is 0 Å². The Balaban J connectivity index is 0.00000312. The molecule has 1 amide bonds. The summed E-state index contributed by atoms with van der Waals surface area (Å²) in [6.07, 6.45) is 1.08. The van der Waals surface area contributed by atoms with Crippen LogP contribution in [0.1, 0.15) is 29.5 Å². The van der Waals surface area contributed by atoms with Crippen molar-refractivity contribution in [1.29, 1.82) is 0 Å². The van der Waals surface area contributed by atoms with E-state index in [-0.39, 0.29) is 24.2 Å². The summed E-state index contributed by atoms with van der Waals surface area (Å²) < 4.78 is 27.5. The smallest absolute Gasteiger partial charge is 0.243 e. The average molecular weight is 390 g/mol. The lowest BCUT2D eigenvalue weighted by molar-refractivity contribution is -0.126. The molecule has 25 heavy (non-hydrogen) atoms. The van der Waals surface area contributed by atoms with Crippen LogP contribution in [0.25, 0.3) is 0 Å². The van der Waals surface area contributed by atoms with Crippen molar-refractivity contribution >= 4 is 28.3 Å². The minimum absolute atomic E-state index is 0. The van der Waals surface area contributed by atoms with Crippen LogP contribution in [0, 0.1) is 26.7 Å². The average Bonchev–Trinajstić information content (AvgIpc) is 2.51. The van der Waals surface area contributed by atoms with Crippen molar-refractivity contribution in [3.8, 4) is 0 Å². The summed E-state index contributed by atoms with van der Waals surface area (Å²) in [7, 11) is -3.52. The summed E-state index contributed by atoms with van der Waals surface area (Å²) in [5, 5.41) is 2.78. The van der Waals surface area contributed by atoms with Gasteiger partial charge in [-0.3, -0.25) is 4.79 Å². The zero-order chi connectivity index (χ0) is 17.9. The number of benzene rings is 1. The van der Waals surface area contributed by atoms with Gasteiger partial charge in [-0.2, -0.15) is 4.31 Å². The largest absolute Gasteiger partial charge is 0.355 e. The third kappa shape index (κ3) is 4.94. The van der Waals surface area contributed by atoms with Gasteiger partial charge < -0.3 is 11.1 Å². The topological polar surface area (TPSA) is 92.5 Å². The summed E-state index contributed by atoms with van der Waals surface area (Å²) in [5.74, 6) is -0.164. The highest BCUT2D eigenvalue weighted by atomic mass is 35.5. The summed E-state index contributed by atoms with van der Waals surface area (Å²) >= 11 is 0. The van der Waals surface area contributed by atoms with Gasteiger partial charge in [-0.1, -0.05) is 17.7 Å². The van der Waals surface area contributed by atoms with Gasteiger partial charge in [-0.25, -0.2) is 8.42 Å². The summed E-state index contributed by atoms with van der Waals surface area (Å²) in [6, 6.07) is 3.79. The number of hydrogen-bond donors (Lipinski definition) is 2. The van der Waals surface area contributed by atoms with Gasteiger partial charge in [0.2, 0.25) is 15.9 Å². The molecule has 1 aromatic rings. The van der Waals surface area contributed by atoms with Crippen molar-refractivity contribution < 1.29 is 13.2 Å². The number of halogens is 1. The molecule has 2 rings (SSSR count). The number of nitrogens with two attached hydrogens (primary N) is 1. The van der Waals surface area contributed by atoms with Crippen molar-refractivity contribution in [1.82, 2.24) is 9.62 Å². The summed E-state index contributed by atoms with van der Waals surface area (Å²) in [4.78, 5) is 12.4. The number of sulfonamides is 1. The van der Waals surface area contributed by atoms with E-state index in [1.54, 1.807) is 0 Å². The van der Waals surface area contributed by atoms with Gasteiger partial charge in [-0.05, 0) is 44.7 Å². The van der Waals surface area contributed by atoms with E-state index in [9.17, 15) is 13.2 Å². The third-order valence-electron chi connectivity index (χ3n) is 4.47. The number of carbonyl (C=O) groups excluding carboxylic acids is 1. The summed E-state index contributed by atoms with van der Waals surface area (Å²) in [6.45, 7) is 7.23. The molecular formula is C17H28ClN3O3S. The highest BCUT2D eigenvalue weighted by molar-refractivity contribution is 7.89. The highest BCUT2D eigenvalue weighted by Gasteiger charge is 2.33. The Hall–Kier alpha value is -1.15. The first-order chi connectivity index (χ1) is 11.3. The maximum absolute atomic E-state index is 13.0. The minimum Gasteiger partial charge on any atom is -0.355 e. The van der Waals surface area contributed by atoms with Gasteiger partial charge in [0, 0.05) is 32.1 Å². The van der Waals surface area contributed by atoms with Gasteiger partial charge in [0.1, 0.15) is 0 Å². The Morgan fingerprint density at radius 3 is 2.20 bits per heavy atom. The van der Waals surface area contributed by atoms with Crippen LogP contribution in [0.3, 0.4) is 0 Å². The molecule has 1 heterocycles. The molecule has 0 spiro atoms. The first-order valence-electron chi connectivity index (χ1n) is 8.33. The van der Waals surface area contributed by atoms with Crippen molar-refractivity contribution in [2.24, 2.45) is 11.7 Å². The van der Waals surface area contributed by atoms with Crippen LogP contribution in [-0.2, 0) is 14.8 Å². The molecule has 0 unspecified atom stereocenters. The van der Waals surface area contributed by atoms with Crippen molar-refractivity contribution in [3.63, 3.8) is 0 Å². The molecule has 0 atom stereocenters. The first-order valence-corrected chi connectivity index (χ1v) is 9.77. The molecule has 1 fully saturated rings. The predicted octanol–water partition coefficient (Wildman–Crippen LogP) is 1.51. The number of hydrogen-bond acceptors (Lipinski definition) is 4. The van der Waals surface area contributed by atoms with Gasteiger partial charge in [0.05, 0.1) is 4.90 Å². The Kier molecular flexibility index (Phi) is 7.87. The van der Waals surface area contributed by atoms with Crippen LogP contribution < -0.4 is 11.1 Å². The summed E-state index contributed by atoms with van der Waals surface area (Å²) in [5.41, 5.74) is 7.99. The molecule has 6 nitrogen and oxygen atoms in total. The molecule has 0 radical (unpaired) electrons. The molecule has 8 heteroatoms. The minimum atomic E-state index is -3.52. The first kappa shape index (κ1) is 21.9. The number of nitrogens with zero attached hydrogens (tertiary/aromatic N) is 1. The zero-order valence-electron chi connectivity index (χ0n) is 15.0. The molecule has 1 aliphatic rings. The lowest BCUT2D eigenvalue weighted by atomic mass is 9.97. The Labute approximate surface area is 156 Å². The van der Waals surface area contributed by atoms with E-state index in [0.29, 0.717) is 43.9 Å². The standard InChI is InChI=1S/C17H27N3O3S.ClH/c1-12-10-13(2)16(14(3)11-12)24(22,23)20-8-4-15(5-9-20)17(21)19-7-6-18;/h10-11,15H,4-9,18H2,1-3H3,(H,19,21);1H. The number of piperidine rings is 1. The number of amides is 1. The Bertz CT molecular complexity index is 691. The van der Waals surface area contributed by atoms with Gasteiger partial charge >= 0.3 is 0 Å². The van der Waals surface area contributed by atoms with Crippen LogP contribution in [0.5, 0.6) is 0 Å². The second kappa shape index (κ2) is 8.98. The van der Waals surface area contributed by atoms with Crippen LogP contribution in [0.2, 0.25) is 0 Å². The van der Waals surface area contributed by atoms with Crippen LogP contribution in [0.15, 0.2) is 17.0 Å². The number of rotatable bonds is 5. The predicted molar refractivity (Wildman–Crippen MR) is 101 cm³/mol. The lowest BCUT2D eigenvalue weighted by Crippen LogP contribution is -2.44. The highest BCUT2D eigenvalue weighted by Crippen LogP contribution is 2.28. The van der Waals surface area contributed by atoms with Crippen molar-refractivity contribution in [2.45, 2.75) is 38.5 Å². The number of aryl methyl sites for hydroxylation is 3. The molecule has 1 aliphatic heterocycles. The molecule has 142 valence electrons. The Morgan fingerprint density at radius 2 is 1.72 bits per heavy atom. The quantitative estimate of drug-likeness (QED) is 0.798. The normalized spacial score (nSPS) is 16.3. The van der Waals surface area contributed by atoms with E-state index in [4.69, 9.17) is 5.73 Å². The fraction of sp³-hybridized carbons (Fsp3) is 0.588. The van der Waals surface area contributed by atoms with E-state index in [0.717, 1.165) is 16.7 Å². The maximum Gasteiger partial charge on any atom is 0.243 e. The SMILES string of the molecule is Cc1cc(C)c(S(=O)(=O)N2CCC(C(=O)NCCN)CC2)c(C)c1.Cl. The van der Waals surface area contributed by atoms with Crippen LogP contribution in [-0.4, -0.2) is 44.8 Å². The molecule has 0 bridgehead atoms. The number of carbonyl (C=O) groups is 1. The van der Waals surface area contributed by atoms with E-state index < -0.39 is 10.0 Å². The van der Waals surface area contributed by atoms with Crippen molar-refractivity contribution in [2.75, 3.05) is 26.2 Å². The van der Waals surface area contributed by atoms with Gasteiger partial charge in [-0.15, -0.1) is 12.4 Å².